The SMILES string of the molecule is CNCCS(=O)(=O)NCCC(=O)O. The molecule has 7 heteroatoms. The number of hydrogen-bond donors (Lipinski definition) is 3. The molecule has 0 heterocycles. The van der Waals surface area contributed by atoms with Gasteiger partial charge in [0.1, 0.15) is 0 Å². The van der Waals surface area contributed by atoms with E-state index < -0.39 is 16.0 Å². The zero-order valence-corrected chi connectivity index (χ0v) is 8.23. The largest absolute Gasteiger partial charge is 0.481 e. The quantitative estimate of drug-likeness (QED) is 0.480. The van der Waals surface area contributed by atoms with Crippen LogP contribution in [0.4, 0.5) is 0 Å². The predicted molar refractivity (Wildman–Crippen MR) is 48.0 cm³/mol. The summed E-state index contributed by atoms with van der Waals surface area (Å²) in [6.07, 6.45) is -0.196. The van der Waals surface area contributed by atoms with E-state index in [9.17, 15) is 13.2 Å². The van der Waals surface area contributed by atoms with Gasteiger partial charge in [0.25, 0.3) is 0 Å². The summed E-state index contributed by atoms with van der Waals surface area (Å²) >= 11 is 0. The minimum Gasteiger partial charge on any atom is -0.481 e. The minimum absolute atomic E-state index is 0.0386. The summed E-state index contributed by atoms with van der Waals surface area (Å²) < 4.78 is 24.2. The molecule has 0 bridgehead atoms. The Hall–Kier alpha value is -0.660. The van der Waals surface area contributed by atoms with Crippen molar-refractivity contribution < 1.29 is 18.3 Å². The number of carbonyl (C=O) groups is 1. The number of nitrogens with one attached hydrogen (secondary N) is 2. The maximum atomic E-state index is 11.0. The maximum absolute atomic E-state index is 11.0. The molecule has 0 amide bonds. The van der Waals surface area contributed by atoms with E-state index >= 15 is 0 Å². The maximum Gasteiger partial charge on any atom is 0.304 e. The van der Waals surface area contributed by atoms with Crippen molar-refractivity contribution in [2.75, 3.05) is 25.9 Å². The van der Waals surface area contributed by atoms with E-state index in [4.69, 9.17) is 5.11 Å². The van der Waals surface area contributed by atoms with Crippen LogP contribution in [0, 0.1) is 0 Å². The molecule has 0 aromatic rings. The van der Waals surface area contributed by atoms with E-state index in [0.29, 0.717) is 6.54 Å². The van der Waals surface area contributed by atoms with Gasteiger partial charge in [-0.15, -0.1) is 0 Å². The summed E-state index contributed by atoms with van der Waals surface area (Å²) in [4.78, 5) is 10.1. The molecule has 0 aliphatic rings. The van der Waals surface area contributed by atoms with Gasteiger partial charge in [0, 0.05) is 13.1 Å². The fourth-order valence-corrected chi connectivity index (χ4v) is 1.65. The average molecular weight is 210 g/mol. The number of aliphatic carboxylic acids is 1. The van der Waals surface area contributed by atoms with Gasteiger partial charge in [0.15, 0.2) is 0 Å². The summed E-state index contributed by atoms with van der Waals surface area (Å²) in [6, 6.07) is 0. The molecule has 0 aliphatic carbocycles. The van der Waals surface area contributed by atoms with E-state index in [1.807, 2.05) is 0 Å². The summed E-state index contributed by atoms with van der Waals surface area (Å²) in [6.45, 7) is 0.295. The molecule has 0 saturated heterocycles. The fraction of sp³-hybridized carbons (Fsp3) is 0.833. The van der Waals surface area contributed by atoms with Crippen LogP contribution in [0.5, 0.6) is 0 Å². The average Bonchev–Trinajstić information content (AvgIpc) is 2.00. The Labute approximate surface area is 77.4 Å². The lowest BCUT2D eigenvalue weighted by Crippen LogP contribution is -2.32. The Morgan fingerprint density at radius 1 is 1.38 bits per heavy atom. The molecule has 78 valence electrons. The van der Waals surface area contributed by atoms with E-state index in [0.717, 1.165) is 0 Å². The first-order valence-corrected chi connectivity index (χ1v) is 5.47. The van der Waals surface area contributed by atoms with Gasteiger partial charge in [-0.25, -0.2) is 13.1 Å². The molecule has 0 atom stereocenters. The van der Waals surface area contributed by atoms with Crippen molar-refractivity contribution in [2.45, 2.75) is 6.42 Å². The first kappa shape index (κ1) is 12.3. The van der Waals surface area contributed by atoms with Crippen molar-refractivity contribution in [1.29, 1.82) is 0 Å². The molecular formula is C6H14N2O4S. The monoisotopic (exact) mass is 210 g/mol. The first-order valence-electron chi connectivity index (χ1n) is 3.81. The Bertz CT molecular complexity index is 249. The van der Waals surface area contributed by atoms with Crippen molar-refractivity contribution in [3.63, 3.8) is 0 Å². The standard InChI is InChI=1S/C6H14N2O4S/c1-7-4-5-13(11,12)8-3-2-6(9)10/h7-8H,2-5H2,1H3,(H,9,10). The fourth-order valence-electron chi connectivity index (χ4n) is 0.622. The van der Waals surface area contributed by atoms with Crippen molar-refractivity contribution in [3.05, 3.63) is 0 Å². The lowest BCUT2D eigenvalue weighted by Gasteiger charge is -2.04. The number of sulfonamides is 1. The molecule has 13 heavy (non-hydrogen) atoms. The lowest BCUT2D eigenvalue weighted by molar-refractivity contribution is -0.136. The van der Waals surface area contributed by atoms with Gasteiger partial charge in [-0.05, 0) is 7.05 Å². The van der Waals surface area contributed by atoms with Crippen LogP contribution in [0.15, 0.2) is 0 Å². The Morgan fingerprint density at radius 2 is 2.00 bits per heavy atom. The van der Waals surface area contributed by atoms with E-state index in [-0.39, 0.29) is 18.7 Å². The van der Waals surface area contributed by atoms with Crippen molar-refractivity contribution in [1.82, 2.24) is 10.0 Å². The lowest BCUT2D eigenvalue weighted by atomic mass is 10.5. The van der Waals surface area contributed by atoms with Crippen LogP contribution in [0.3, 0.4) is 0 Å². The second-order valence-corrected chi connectivity index (χ2v) is 4.39. The zero-order valence-electron chi connectivity index (χ0n) is 7.41. The van der Waals surface area contributed by atoms with Crippen LogP contribution in [0.2, 0.25) is 0 Å². The van der Waals surface area contributed by atoms with Crippen molar-refractivity contribution >= 4 is 16.0 Å². The molecule has 0 unspecified atom stereocenters. The molecule has 0 aromatic heterocycles. The number of hydrogen-bond acceptors (Lipinski definition) is 4. The van der Waals surface area contributed by atoms with Gasteiger partial charge in [0.2, 0.25) is 10.0 Å². The van der Waals surface area contributed by atoms with Crippen LogP contribution in [-0.4, -0.2) is 45.4 Å². The molecule has 3 N–H and O–H groups in total. The van der Waals surface area contributed by atoms with Gasteiger partial charge in [-0.3, -0.25) is 4.79 Å². The molecule has 0 aliphatic heterocycles. The van der Waals surface area contributed by atoms with Gasteiger partial charge >= 0.3 is 5.97 Å². The summed E-state index contributed by atoms with van der Waals surface area (Å²) in [5.74, 6) is -1.06. The van der Waals surface area contributed by atoms with Gasteiger partial charge in [0.05, 0.1) is 12.2 Å². The Kier molecular flexibility index (Phi) is 5.60. The van der Waals surface area contributed by atoms with E-state index in [1.165, 1.54) is 0 Å². The van der Waals surface area contributed by atoms with Crippen LogP contribution in [0.1, 0.15) is 6.42 Å². The molecular weight excluding hydrogens is 196 g/mol. The zero-order chi connectivity index (χ0) is 10.3. The van der Waals surface area contributed by atoms with Crippen LogP contribution >= 0.6 is 0 Å². The van der Waals surface area contributed by atoms with Gasteiger partial charge in [-0.2, -0.15) is 0 Å². The summed E-state index contributed by atoms with van der Waals surface area (Å²) in [7, 11) is -1.67. The highest BCUT2D eigenvalue weighted by Crippen LogP contribution is 1.84. The second kappa shape index (κ2) is 5.90. The Morgan fingerprint density at radius 3 is 2.46 bits per heavy atom. The van der Waals surface area contributed by atoms with Gasteiger partial charge < -0.3 is 10.4 Å². The Balaban J connectivity index is 3.70. The molecule has 0 radical (unpaired) electrons. The molecule has 6 nitrogen and oxygen atoms in total. The highest BCUT2D eigenvalue weighted by Gasteiger charge is 2.08. The normalized spacial score (nSPS) is 11.5. The van der Waals surface area contributed by atoms with E-state index in [1.54, 1.807) is 7.05 Å². The molecule has 0 rings (SSSR count). The predicted octanol–water partition coefficient (Wildman–Crippen LogP) is -1.40. The van der Waals surface area contributed by atoms with Crippen LogP contribution < -0.4 is 10.0 Å². The highest BCUT2D eigenvalue weighted by atomic mass is 32.2. The number of carboxylic acids is 1. The summed E-state index contributed by atoms with van der Waals surface area (Å²) in [5.41, 5.74) is 0. The van der Waals surface area contributed by atoms with Gasteiger partial charge in [-0.1, -0.05) is 0 Å². The minimum atomic E-state index is -3.32. The molecule has 0 spiro atoms. The smallest absolute Gasteiger partial charge is 0.304 e. The number of rotatable bonds is 7. The third kappa shape index (κ3) is 7.69. The number of carboxylic acid groups (broad SMARTS) is 1. The molecule has 0 aromatic carbocycles. The third-order valence-electron chi connectivity index (χ3n) is 1.28. The molecule has 0 fully saturated rings. The summed E-state index contributed by atoms with van der Waals surface area (Å²) in [5, 5.41) is 10.9. The van der Waals surface area contributed by atoms with E-state index in [2.05, 4.69) is 10.0 Å². The van der Waals surface area contributed by atoms with Crippen LogP contribution in [0.25, 0.3) is 0 Å². The van der Waals surface area contributed by atoms with Crippen molar-refractivity contribution in [3.8, 4) is 0 Å². The van der Waals surface area contributed by atoms with Crippen LogP contribution in [-0.2, 0) is 14.8 Å². The topological polar surface area (TPSA) is 95.5 Å². The highest BCUT2D eigenvalue weighted by molar-refractivity contribution is 7.89. The third-order valence-corrected chi connectivity index (χ3v) is 2.67. The second-order valence-electron chi connectivity index (χ2n) is 2.46. The first-order chi connectivity index (χ1) is 5.98. The van der Waals surface area contributed by atoms with Crippen molar-refractivity contribution in [2.24, 2.45) is 0 Å². The molecule has 0 saturated carbocycles.